The number of hydrazine groups is 1. The minimum absolute atomic E-state index is 0.0121. The monoisotopic (exact) mass is 487 g/mol. The third-order valence-corrected chi connectivity index (χ3v) is 4.78. The van der Waals surface area contributed by atoms with E-state index in [0.29, 0.717) is 15.6 Å². The first-order valence-electron chi connectivity index (χ1n) is 10.4. The average Bonchev–Trinajstić information content (AvgIpc) is 2.80. The molecule has 2 rings (SSSR count). The maximum Gasteiger partial charge on any atom is 0.408 e. The first kappa shape index (κ1) is 26.4. The number of rotatable bonds is 9. The molecular weight excluding hydrogens is 462 g/mol. The van der Waals surface area contributed by atoms with Crippen LogP contribution in [0.4, 0.5) is 4.79 Å². The molecule has 10 heteroatoms. The van der Waals surface area contributed by atoms with Crippen molar-refractivity contribution in [2.24, 2.45) is 5.92 Å². The topological polar surface area (TPSA) is 125 Å². The van der Waals surface area contributed by atoms with Gasteiger partial charge in [0.1, 0.15) is 19.2 Å². The normalized spacial score (nSPS) is 11.6. The Balaban J connectivity index is 2.03. The second-order valence-corrected chi connectivity index (χ2v) is 8.04. The van der Waals surface area contributed by atoms with Gasteiger partial charge in [-0.1, -0.05) is 67.9 Å². The Bertz CT molecular complexity index is 1020. The predicted molar refractivity (Wildman–Crippen MR) is 126 cm³/mol. The van der Waals surface area contributed by atoms with Crippen LogP contribution in [0.15, 0.2) is 60.7 Å². The van der Waals surface area contributed by atoms with Crippen LogP contribution in [0, 0.1) is 5.92 Å². The van der Waals surface area contributed by atoms with Crippen LogP contribution in [0.1, 0.15) is 25.0 Å². The summed E-state index contributed by atoms with van der Waals surface area (Å²) in [5.74, 6) is -3.23. The fraction of sp³-hybridized carbons (Fsp3) is 0.250. The molecule has 0 aromatic heterocycles. The van der Waals surface area contributed by atoms with Crippen molar-refractivity contribution < 1.29 is 29.0 Å². The lowest BCUT2D eigenvalue weighted by atomic mass is 10.0. The first-order chi connectivity index (χ1) is 16.2. The molecule has 0 saturated carbocycles. The molecule has 0 heterocycles. The number of nitrogens with zero attached hydrogens (tertiary/aromatic N) is 1. The molecule has 1 atom stereocenters. The van der Waals surface area contributed by atoms with Gasteiger partial charge in [0, 0.05) is 11.1 Å². The standard InChI is InChI=1S/C24H26ClN3O6/c1-16(2)22(26-24(33)34-15-18-6-4-3-5-7-18)23(32)27-28(14-21(30)31)20(29)13-10-17-8-11-19(25)12-9-17/h3-13,16,22H,14-15H2,1-2H3,(H,26,33)(H,27,32)(H,30,31)/b13-10+. The van der Waals surface area contributed by atoms with Gasteiger partial charge in [0.25, 0.3) is 11.8 Å². The predicted octanol–water partition coefficient (Wildman–Crippen LogP) is 3.25. The minimum atomic E-state index is -1.33. The number of carboxylic acid groups (broad SMARTS) is 1. The number of benzene rings is 2. The number of carboxylic acids is 1. The molecule has 0 aliphatic carbocycles. The van der Waals surface area contributed by atoms with Gasteiger partial charge in [-0.25, -0.2) is 9.80 Å². The number of carbonyl (C=O) groups excluding carboxylic acids is 3. The quantitative estimate of drug-likeness (QED) is 0.368. The highest BCUT2D eigenvalue weighted by molar-refractivity contribution is 6.30. The zero-order valence-electron chi connectivity index (χ0n) is 18.7. The molecule has 9 nitrogen and oxygen atoms in total. The molecular formula is C24H26ClN3O6. The third-order valence-electron chi connectivity index (χ3n) is 4.53. The van der Waals surface area contributed by atoms with Gasteiger partial charge < -0.3 is 15.2 Å². The molecule has 0 radical (unpaired) electrons. The average molecular weight is 488 g/mol. The van der Waals surface area contributed by atoms with Crippen molar-refractivity contribution in [2.75, 3.05) is 6.54 Å². The van der Waals surface area contributed by atoms with Crippen molar-refractivity contribution in [3.8, 4) is 0 Å². The van der Waals surface area contributed by atoms with E-state index in [0.717, 1.165) is 11.6 Å². The SMILES string of the molecule is CC(C)C(NC(=O)OCc1ccccc1)C(=O)NN(CC(=O)O)C(=O)/C=C/c1ccc(Cl)cc1. The summed E-state index contributed by atoms with van der Waals surface area (Å²) in [6, 6.07) is 14.5. The van der Waals surface area contributed by atoms with Crippen LogP contribution in [-0.2, 0) is 25.7 Å². The fourth-order valence-corrected chi connectivity index (χ4v) is 2.89. The van der Waals surface area contributed by atoms with Crippen LogP contribution in [0.3, 0.4) is 0 Å². The van der Waals surface area contributed by atoms with E-state index in [-0.39, 0.29) is 12.5 Å². The van der Waals surface area contributed by atoms with Crippen LogP contribution < -0.4 is 10.7 Å². The van der Waals surface area contributed by atoms with Crippen molar-refractivity contribution in [1.29, 1.82) is 0 Å². The lowest BCUT2D eigenvalue weighted by Gasteiger charge is -2.26. The van der Waals surface area contributed by atoms with Crippen molar-refractivity contribution in [1.82, 2.24) is 15.8 Å². The number of hydrogen-bond donors (Lipinski definition) is 3. The Morgan fingerprint density at radius 3 is 2.29 bits per heavy atom. The number of hydrogen-bond acceptors (Lipinski definition) is 5. The zero-order chi connectivity index (χ0) is 25.1. The first-order valence-corrected chi connectivity index (χ1v) is 10.8. The summed E-state index contributed by atoms with van der Waals surface area (Å²) >= 11 is 5.83. The van der Waals surface area contributed by atoms with E-state index in [2.05, 4.69) is 10.7 Å². The van der Waals surface area contributed by atoms with E-state index in [1.807, 2.05) is 6.07 Å². The lowest BCUT2D eigenvalue weighted by molar-refractivity contribution is -0.148. The van der Waals surface area contributed by atoms with E-state index >= 15 is 0 Å². The number of nitrogens with one attached hydrogen (secondary N) is 2. The summed E-state index contributed by atoms with van der Waals surface area (Å²) in [5.41, 5.74) is 3.70. The van der Waals surface area contributed by atoms with Gasteiger partial charge in [0.15, 0.2) is 0 Å². The van der Waals surface area contributed by atoms with Gasteiger partial charge in [-0.3, -0.25) is 19.8 Å². The second kappa shape index (κ2) is 13.0. The van der Waals surface area contributed by atoms with Gasteiger partial charge in [0.05, 0.1) is 0 Å². The molecule has 34 heavy (non-hydrogen) atoms. The van der Waals surface area contributed by atoms with Gasteiger partial charge in [-0.15, -0.1) is 0 Å². The minimum Gasteiger partial charge on any atom is -0.480 e. The number of carbonyl (C=O) groups is 4. The number of alkyl carbamates (subject to hydrolysis) is 1. The highest BCUT2D eigenvalue weighted by atomic mass is 35.5. The summed E-state index contributed by atoms with van der Waals surface area (Å²) < 4.78 is 5.15. The lowest BCUT2D eigenvalue weighted by Crippen LogP contribution is -2.56. The Labute approximate surface area is 202 Å². The molecule has 0 bridgehead atoms. The van der Waals surface area contributed by atoms with Gasteiger partial charge in [0.2, 0.25) is 0 Å². The second-order valence-electron chi connectivity index (χ2n) is 7.61. The molecule has 0 aliphatic rings. The van der Waals surface area contributed by atoms with Gasteiger partial charge in [-0.05, 0) is 35.3 Å². The Morgan fingerprint density at radius 1 is 1.06 bits per heavy atom. The molecule has 0 aliphatic heterocycles. The maximum atomic E-state index is 12.8. The van der Waals surface area contributed by atoms with Crippen LogP contribution in [0.2, 0.25) is 5.02 Å². The number of ether oxygens (including phenoxy) is 1. The van der Waals surface area contributed by atoms with Crippen molar-refractivity contribution >= 4 is 41.6 Å². The van der Waals surface area contributed by atoms with Crippen LogP contribution >= 0.6 is 11.6 Å². The third kappa shape index (κ3) is 8.95. The number of aliphatic carboxylic acids is 1. The number of amides is 3. The highest BCUT2D eigenvalue weighted by Gasteiger charge is 2.28. The largest absolute Gasteiger partial charge is 0.480 e. The molecule has 3 amide bonds. The fourth-order valence-electron chi connectivity index (χ4n) is 2.77. The molecule has 0 saturated heterocycles. The van der Waals surface area contributed by atoms with E-state index in [4.69, 9.17) is 21.4 Å². The summed E-state index contributed by atoms with van der Waals surface area (Å²) in [7, 11) is 0. The summed E-state index contributed by atoms with van der Waals surface area (Å²) in [5, 5.41) is 12.8. The molecule has 2 aromatic rings. The summed E-state index contributed by atoms with van der Waals surface area (Å²) in [6.07, 6.45) is 1.76. The van der Waals surface area contributed by atoms with Crippen LogP contribution in [0.5, 0.6) is 0 Å². The van der Waals surface area contributed by atoms with E-state index in [9.17, 15) is 19.2 Å². The van der Waals surface area contributed by atoms with Crippen LogP contribution in [0.25, 0.3) is 6.08 Å². The van der Waals surface area contributed by atoms with Gasteiger partial charge in [-0.2, -0.15) is 0 Å². The van der Waals surface area contributed by atoms with Crippen LogP contribution in [-0.4, -0.2) is 46.6 Å². The zero-order valence-corrected chi connectivity index (χ0v) is 19.5. The summed E-state index contributed by atoms with van der Waals surface area (Å²) in [4.78, 5) is 48.8. The number of halogens is 1. The van der Waals surface area contributed by atoms with E-state index in [1.165, 1.54) is 6.08 Å². The molecule has 0 spiro atoms. The molecule has 0 fully saturated rings. The Kier molecular flexibility index (Phi) is 10.1. The maximum absolute atomic E-state index is 12.8. The molecule has 1 unspecified atom stereocenters. The van der Waals surface area contributed by atoms with Crippen molar-refractivity contribution in [2.45, 2.75) is 26.5 Å². The van der Waals surface area contributed by atoms with E-state index < -0.39 is 36.5 Å². The Morgan fingerprint density at radius 2 is 1.71 bits per heavy atom. The van der Waals surface area contributed by atoms with E-state index in [1.54, 1.807) is 62.4 Å². The molecule has 2 aromatic carbocycles. The van der Waals surface area contributed by atoms with Crippen molar-refractivity contribution in [3.05, 3.63) is 76.8 Å². The summed E-state index contributed by atoms with van der Waals surface area (Å²) in [6.45, 7) is 2.61. The van der Waals surface area contributed by atoms with Gasteiger partial charge >= 0.3 is 12.1 Å². The molecule has 180 valence electrons. The highest BCUT2D eigenvalue weighted by Crippen LogP contribution is 2.11. The smallest absolute Gasteiger partial charge is 0.408 e. The molecule has 3 N–H and O–H groups in total. The Hall–Kier alpha value is -3.85. The van der Waals surface area contributed by atoms with Crippen molar-refractivity contribution in [3.63, 3.8) is 0 Å².